The van der Waals surface area contributed by atoms with Gasteiger partial charge < -0.3 is 15.0 Å². The van der Waals surface area contributed by atoms with E-state index in [0.717, 1.165) is 31.5 Å². The number of aliphatic hydroxyl groups is 1. The average molecular weight is 375 g/mol. The van der Waals surface area contributed by atoms with Crippen molar-refractivity contribution in [2.45, 2.75) is 30.9 Å². The molecule has 0 aliphatic carbocycles. The molecule has 1 aromatic heterocycles. The first kappa shape index (κ1) is 17.5. The van der Waals surface area contributed by atoms with Crippen LogP contribution in [-0.4, -0.2) is 57.5 Å². The summed E-state index contributed by atoms with van der Waals surface area (Å²) in [6.45, 7) is 2.17. The molecule has 0 radical (unpaired) electrons. The Hall–Kier alpha value is -1.89. The standard InChI is InChI=1S/C19H23ClN4O2/c1-23-9-6-15-17(22-12-21-15)19(23)7-10-24(11-8-19)18(26)16(25)13-4-2-3-5-14(13)20/h2-5,12,16,25H,6-11H2,1H3,(H,21,22)/t16-/m0/s1. The quantitative estimate of drug-likeness (QED) is 0.844. The summed E-state index contributed by atoms with van der Waals surface area (Å²) < 4.78 is 0. The number of fused-ring (bicyclic) bond motifs is 2. The molecule has 0 unspecified atom stereocenters. The van der Waals surface area contributed by atoms with Crippen molar-refractivity contribution in [1.29, 1.82) is 0 Å². The highest BCUT2D eigenvalue weighted by Gasteiger charge is 2.46. The summed E-state index contributed by atoms with van der Waals surface area (Å²) in [4.78, 5) is 24.7. The Morgan fingerprint density at radius 1 is 1.31 bits per heavy atom. The first-order valence-electron chi connectivity index (χ1n) is 8.98. The van der Waals surface area contributed by atoms with Crippen molar-refractivity contribution in [3.63, 3.8) is 0 Å². The molecule has 3 heterocycles. The number of aromatic amines is 1. The maximum Gasteiger partial charge on any atom is 0.256 e. The number of likely N-dealkylation sites (tertiary alicyclic amines) is 1. The summed E-state index contributed by atoms with van der Waals surface area (Å²) in [6, 6.07) is 6.95. The minimum Gasteiger partial charge on any atom is -0.378 e. The van der Waals surface area contributed by atoms with Crippen molar-refractivity contribution in [3.05, 3.63) is 52.6 Å². The lowest BCUT2D eigenvalue weighted by Crippen LogP contribution is -2.56. The van der Waals surface area contributed by atoms with E-state index in [1.165, 1.54) is 5.69 Å². The highest BCUT2D eigenvalue weighted by Crippen LogP contribution is 2.41. The predicted octanol–water partition coefficient (Wildman–Crippen LogP) is 2.10. The lowest BCUT2D eigenvalue weighted by atomic mass is 9.79. The zero-order chi connectivity index (χ0) is 18.3. The maximum absolute atomic E-state index is 12.8. The number of likely N-dealkylation sites (N-methyl/N-ethyl adjacent to an activating group) is 1. The Morgan fingerprint density at radius 3 is 2.77 bits per heavy atom. The molecular formula is C19H23ClN4O2. The SMILES string of the molecule is CN1CCc2[nH]cnc2C12CCN(C(=O)[C@@H](O)c1ccccc1Cl)CC2. The fraction of sp³-hybridized carbons (Fsp3) is 0.474. The van der Waals surface area contributed by atoms with E-state index in [0.29, 0.717) is 23.7 Å². The molecule has 2 aliphatic rings. The van der Waals surface area contributed by atoms with Gasteiger partial charge in [0, 0.05) is 42.3 Å². The lowest BCUT2D eigenvalue weighted by molar-refractivity contribution is -0.143. The highest BCUT2D eigenvalue weighted by molar-refractivity contribution is 6.31. The van der Waals surface area contributed by atoms with Gasteiger partial charge in [-0.25, -0.2) is 4.98 Å². The number of halogens is 1. The molecule has 2 N–H and O–H groups in total. The molecule has 6 nitrogen and oxygen atoms in total. The number of nitrogens with one attached hydrogen (secondary N) is 1. The number of carbonyl (C=O) groups is 1. The molecule has 2 aromatic rings. The molecule has 7 heteroatoms. The summed E-state index contributed by atoms with van der Waals surface area (Å²) in [5.41, 5.74) is 2.66. The number of rotatable bonds is 2. The number of aromatic nitrogens is 2. The molecule has 1 atom stereocenters. The van der Waals surface area contributed by atoms with Crippen molar-refractivity contribution < 1.29 is 9.90 Å². The van der Waals surface area contributed by atoms with Crippen LogP contribution in [0.2, 0.25) is 5.02 Å². The minimum atomic E-state index is -1.22. The van der Waals surface area contributed by atoms with E-state index >= 15 is 0 Å². The smallest absolute Gasteiger partial charge is 0.256 e. The van der Waals surface area contributed by atoms with Crippen molar-refractivity contribution in [2.24, 2.45) is 0 Å². The zero-order valence-electron chi connectivity index (χ0n) is 14.8. The number of piperidine rings is 1. The van der Waals surface area contributed by atoms with E-state index in [1.54, 1.807) is 35.5 Å². The van der Waals surface area contributed by atoms with Gasteiger partial charge in [-0.3, -0.25) is 9.69 Å². The minimum absolute atomic E-state index is 0.125. The van der Waals surface area contributed by atoms with E-state index in [1.807, 2.05) is 0 Å². The number of aliphatic hydroxyl groups excluding tert-OH is 1. The molecule has 1 amide bonds. The van der Waals surface area contributed by atoms with Gasteiger partial charge in [0.1, 0.15) is 0 Å². The summed E-state index contributed by atoms with van der Waals surface area (Å²) in [5.74, 6) is -0.284. The van der Waals surface area contributed by atoms with Crippen LogP contribution in [0.25, 0.3) is 0 Å². The van der Waals surface area contributed by atoms with E-state index in [2.05, 4.69) is 21.9 Å². The second kappa shape index (κ2) is 6.68. The Bertz CT molecular complexity index is 813. The normalized spacial score (nSPS) is 20.8. The van der Waals surface area contributed by atoms with Gasteiger partial charge in [0.2, 0.25) is 0 Å². The van der Waals surface area contributed by atoms with Crippen LogP contribution < -0.4 is 0 Å². The Morgan fingerprint density at radius 2 is 2.04 bits per heavy atom. The molecule has 0 bridgehead atoms. The number of nitrogens with zero attached hydrogens (tertiary/aromatic N) is 3. The summed E-state index contributed by atoms with van der Waals surface area (Å²) in [7, 11) is 2.13. The van der Waals surface area contributed by atoms with Crippen LogP contribution in [0.5, 0.6) is 0 Å². The van der Waals surface area contributed by atoms with Gasteiger partial charge in [-0.05, 0) is 26.0 Å². The fourth-order valence-corrected chi connectivity index (χ4v) is 4.54. The number of amides is 1. The van der Waals surface area contributed by atoms with Gasteiger partial charge in [0.25, 0.3) is 5.91 Å². The topological polar surface area (TPSA) is 72.5 Å². The molecule has 2 aliphatic heterocycles. The summed E-state index contributed by atoms with van der Waals surface area (Å²) >= 11 is 6.13. The second-order valence-corrected chi connectivity index (χ2v) is 7.59. The van der Waals surface area contributed by atoms with Gasteiger partial charge in [-0.2, -0.15) is 0 Å². The van der Waals surface area contributed by atoms with E-state index in [9.17, 15) is 9.90 Å². The zero-order valence-corrected chi connectivity index (χ0v) is 15.5. The van der Waals surface area contributed by atoms with Crippen molar-refractivity contribution in [2.75, 3.05) is 26.7 Å². The van der Waals surface area contributed by atoms with Gasteiger partial charge in [-0.1, -0.05) is 29.8 Å². The number of imidazole rings is 1. The van der Waals surface area contributed by atoms with Crippen molar-refractivity contribution >= 4 is 17.5 Å². The number of carbonyl (C=O) groups excluding carboxylic acids is 1. The van der Waals surface area contributed by atoms with Crippen LogP contribution in [0, 0.1) is 0 Å². The number of H-pyrrole nitrogens is 1. The van der Waals surface area contributed by atoms with Gasteiger partial charge in [-0.15, -0.1) is 0 Å². The van der Waals surface area contributed by atoms with E-state index < -0.39 is 6.10 Å². The molecule has 1 spiro atoms. The molecule has 4 rings (SSSR count). The second-order valence-electron chi connectivity index (χ2n) is 7.18. The molecule has 26 heavy (non-hydrogen) atoms. The summed E-state index contributed by atoms with van der Waals surface area (Å²) in [6.07, 6.45) is 3.14. The highest BCUT2D eigenvalue weighted by atomic mass is 35.5. The van der Waals surface area contributed by atoms with Crippen LogP contribution in [0.15, 0.2) is 30.6 Å². The predicted molar refractivity (Wildman–Crippen MR) is 98.8 cm³/mol. The average Bonchev–Trinajstić information content (AvgIpc) is 3.15. The lowest BCUT2D eigenvalue weighted by Gasteiger charge is -2.49. The van der Waals surface area contributed by atoms with Gasteiger partial charge >= 0.3 is 0 Å². The number of hydrogen-bond donors (Lipinski definition) is 2. The largest absolute Gasteiger partial charge is 0.378 e. The third-order valence-electron chi connectivity index (χ3n) is 5.92. The van der Waals surface area contributed by atoms with Gasteiger partial charge in [0.05, 0.1) is 17.6 Å². The number of hydrogen-bond acceptors (Lipinski definition) is 4. The monoisotopic (exact) mass is 374 g/mol. The van der Waals surface area contributed by atoms with Gasteiger partial charge in [0.15, 0.2) is 6.10 Å². The van der Waals surface area contributed by atoms with Crippen molar-refractivity contribution in [3.8, 4) is 0 Å². The van der Waals surface area contributed by atoms with Crippen molar-refractivity contribution in [1.82, 2.24) is 19.8 Å². The Labute approximate surface area is 157 Å². The van der Waals surface area contributed by atoms with Crippen LogP contribution in [0.3, 0.4) is 0 Å². The molecule has 1 saturated heterocycles. The fourth-order valence-electron chi connectivity index (χ4n) is 4.31. The molecule has 0 saturated carbocycles. The van der Waals surface area contributed by atoms with E-state index in [4.69, 9.17) is 11.6 Å². The maximum atomic E-state index is 12.8. The molecule has 138 valence electrons. The van der Waals surface area contributed by atoms with E-state index in [-0.39, 0.29) is 11.4 Å². The third-order valence-corrected chi connectivity index (χ3v) is 6.27. The Balaban J connectivity index is 1.51. The number of benzene rings is 1. The van der Waals surface area contributed by atoms with Crippen LogP contribution in [0.1, 0.15) is 35.9 Å². The molecule has 1 fully saturated rings. The first-order chi connectivity index (χ1) is 12.5. The van der Waals surface area contributed by atoms with Crippen LogP contribution in [-0.2, 0) is 16.8 Å². The third kappa shape index (κ3) is 2.73. The van der Waals surface area contributed by atoms with Crippen LogP contribution in [0.4, 0.5) is 0 Å². The molecule has 1 aromatic carbocycles. The Kier molecular flexibility index (Phi) is 4.50. The van der Waals surface area contributed by atoms with Crippen LogP contribution >= 0.6 is 11.6 Å². The summed E-state index contributed by atoms with van der Waals surface area (Å²) in [5, 5.41) is 10.9. The first-order valence-corrected chi connectivity index (χ1v) is 9.36. The molecular weight excluding hydrogens is 352 g/mol.